The summed E-state index contributed by atoms with van der Waals surface area (Å²) in [6.45, 7) is 5.15. The van der Waals surface area contributed by atoms with E-state index in [-0.39, 0.29) is 0 Å². The van der Waals surface area contributed by atoms with Crippen LogP contribution in [0, 0.1) is 0 Å². The highest BCUT2D eigenvalue weighted by Crippen LogP contribution is 2.54. The van der Waals surface area contributed by atoms with Gasteiger partial charge in [0.1, 0.15) is 5.75 Å². The van der Waals surface area contributed by atoms with Gasteiger partial charge in [0.05, 0.1) is 0 Å². The summed E-state index contributed by atoms with van der Waals surface area (Å²) in [5.74, 6) is -15.6. The van der Waals surface area contributed by atoms with Crippen molar-refractivity contribution in [1.82, 2.24) is 0 Å². The van der Waals surface area contributed by atoms with E-state index >= 15 is 0 Å². The predicted molar refractivity (Wildman–Crippen MR) is 75.6 cm³/mol. The van der Waals surface area contributed by atoms with Crippen LogP contribution in [0.5, 0.6) is 5.75 Å². The van der Waals surface area contributed by atoms with Gasteiger partial charge in [0, 0.05) is 0 Å². The minimum Gasteiger partial charge on any atom is -0.378 e. The van der Waals surface area contributed by atoms with E-state index in [1.807, 2.05) is 0 Å². The Balaban J connectivity index is 3.29. The van der Waals surface area contributed by atoms with Crippen molar-refractivity contribution in [2.24, 2.45) is 0 Å². The average molecular weight is 432 g/mol. The molecule has 156 valence electrons. The Morgan fingerprint density at radius 1 is 0.741 bits per heavy atom. The summed E-state index contributed by atoms with van der Waals surface area (Å²) < 4.78 is 142. The van der Waals surface area contributed by atoms with Crippen LogP contribution in [0.15, 0.2) is 24.3 Å². The maximum Gasteiger partial charge on any atom is 0.460 e. The smallest absolute Gasteiger partial charge is 0.378 e. The molecule has 0 aromatic heterocycles. The normalized spacial score (nSPS) is 15.0. The van der Waals surface area contributed by atoms with Crippen molar-refractivity contribution in [2.75, 3.05) is 0 Å². The lowest BCUT2D eigenvalue weighted by atomic mass is 9.87. The third kappa shape index (κ3) is 3.97. The van der Waals surface area contributed by atoms with Crippen molar-refractivity contribution in [3.05, 3.63) is 29.8 Å². The van der Waals surface area contributed by atoms with Gasteiger partial charge in [-0.1, -0.05) is 32.9 Å². The number of halogens is 9. The van der Waals surface area contributed by atoms with E-state index in [4.69, 9.17) is 0 Å². The molecule has 0 N–H and O–H groups in total. The van der Waals surface area contributed by atoms with Gasteiger partial charge in [0.25, 0.3) is 0 Å². The number of hydrogen-bond donors (Lipinski definition) is 0. The summed E-state index contributed by atoms with van der Waals surface area (Å²) in [4.78, 5) is 0. The number of alkyl halides is 9. The Bertz CT molecular complexity index is 776. The van der Waals surface area contributed by atoms with E-state index in [2.05, 4.69) is 4.18 Å². The van der Waals surface area contributed by atoms with Crippen LogP contribution in [0.25, 0.3) is 0 Å². The molecular formula is C14H13F9O3S. The molecular weight excluding hydrogens is 419 g/mol. The second-order valence-corrected chi connectivity index (χ2v) is 8.06. The van der Waals surface area contributed by atoms with Gasteiger partial charge in [-0.2, -0.15) is 47.9 Å². The SMILES string of the molecule is CC(C)(C)c1ccc(OS(=O)(=O)C(F)(F)C(F)(F)C(F)(F)C(F)(F)F)cc1. The van der Waals surface area contributed by atoms with E-state index < -0.39 is 44.6 Å². The molecule has 13 heteroatoms. The highest BCUT2D eigenvalue weighted by atomic mass is 32.2. The average Bonchev–Trinajstić information content (AvgIpc) is 2.44. The van der Waals surface area contributed by atoms with Crippen LogP contribution in [0.2, 0.25) is 0 Å². The molecule has 3 nitrogen and oxygen atoms in total. The summed E-state index contributed by atoms with van der Waals surface area (Å²) in [6, 6.07) is 3.86. The zero-order valence-electron chi connectivity index (χ0n) is 13.8. The molecule has 1 rings (SSSR count). The molecule has 0 aliphatic rings. The summed E-state index contributed by atoms with van der Waals surface area (Å²) in [5, 5.41) is -6.89. The fourth-order valence-corrected chi connectivity index (χ4v) is 2.62. The second-order valence-electron chi connectivity index (χ2n) is 6.48. The number of benzene rings is 1. The van der Waals surface area contributed by atoms with Crippen LogP contribution < -0.4 is 4.18 Å². The molecule has 0 atom stereocenters. The molecule has 0 amide bonds. The summed E-state index contributed by atoms with van der Waals surface area (Å²) in [5.41, 5.74) is 0.0521. The fourth-order valence-electron chi connectivity index (χ4n) is 1.71. The third-order valence-corrected chi connectivity index (χ3v) is 4.65. The predicted octanol–water partition coefficient (Wildman–Crippen LogP) is 5.12. The minimum atomic E-state index is -7.34. The maximum atomic E-state index is 13.5. The monoisotopic (exact) mass is 432 g/mol. The molecule has 0 heterocycles. The Kier molecular flexibility index (Phi) is 5.59. The van der Waals surface area contributed by atoms with Crippen molar-refractivity contribution in [1.29, 1.82) is 0 Å². The largest absolute Gasteiger partial charge is 0.460 e. The lowest BCUT2D eigenvalue weighted by Gasteiger charge is -2.32. The van der Waals surface area contributed by atoms with E-state index in [9.17, 15) is 47.9 Å². The van der Waals surface area contributed by atoms with Gasteiger partial charge in [-0.3, -0.25) is 0 Å². The van der Waals surface area contributed by atoms with Gasteiger partial charge in [-0.05, 0) is 23.1 Å². The molecule has 27 heavy (non-hydrogen) atoms. The summed E-state index contributed by atoms with van der Waals surface area (Å²) in [6.07, 6.45) is -7.14. The third-order valence-electron chi connectivity index (χ3n) is 3.36. The quantitative estimate of drug-likeness (QED) is 0.479. The van der Waals surface area contributed by atoms with Gasteiger partial charge < -0.3 is 4.18 Å². The Labute approximate surface area is 148 Å². The van der Waals surface area contributed by atoms with E-state index in [1.54, 1.807) is 20.8 Å². The van der Waals surface area contributed by atoms with Crippen LogP contribution in [0.4, 0.5) is 39.5 Å². The van der Waals surface area contributed by atoms with Gasteiger partial charge in [-0.25, -0.2) is 0 Å². The highest BCUT2D eigenvalue weighted by Gasteiger charge is 2.86. The van der Waals surface area contributed by atoms with Crippen LogP contribution >= 0.6 is 0 Å². The van der Waals surface area contributed by atoms with E-state index in [0.29, 0.717) is 5.56 Å². The fraction of sp³-hybridized carbons (Fsp3) is 0.571. The van der Waals surface area contributed by atoms with Crippen LogP contribution in [-0.4, -0.2) is 31.7 Å². The topological polar surface area (TPSA) is 43.4 Å². The lowest BCUT2D eigenvalue weighted by molar-refractivity contribution is -0.382. The molecule has 0 unspecified atom stereocenters. The number of rotatable bonds is 5. The first-order chi connectivity index (χ1) is 11.7. The molecule has 0 bridgehead atoms. The molecule has 1 aromatic rings. The standard InChI is InChI=1S/C14H13F9O3S/c1-10(2,3)8-4-6-9(7-5-8)26-27(24,25)14(22,23)12(17,18)11(15,16)13(19,20)21/h4-7H,1-3H3. The molecule has 1 aromatic carbocycles. The first-order valence-electron chi connectivity index (χ1n) is 6.93. The lowest BCUT2D eigenvalue weighted by Crippen LogP contribution is -2.63. The van der Waals surface area contributed by atoms with Crippen molar-refractivity contribution < 1.29 is 52.1 Å². The second kappa shape index (κ2) is 6.45. The van der Waals surface area contributed by atoms with Crippen LogP contribution in [0.1, 0.15) is 26.3 Å². The molecule has 0 radical (unpaired) electrons. The molecule has 0 saturated carbocycles. The summed E-state index contributed by atoms with van der Waals surface area (Å²) in [7, 11) is -6.93. The Hall–Kier alpha value is -1.66. The Morgan fingerprint density at radius 3 is 1.48 bits per heavy atom. The zero-order chi connectivity index (χ0) is 21.7. The first kappa shape index (κ1) is 23.4. The van der Waals surface area contributed by atoms with Crippen molar-refractivity contribution in [3.8, 4) is 5.75 Å². The number of hydrogen-bond acceptors (Lipinski definition) is 3. The molecule has 0 saturated heterocycles. The van der Waals surface area contributed by atoms with Gasteiger partial charge >= 0.3 is 33.4 Å². The van der Waals surface area contributed by atoms with E-state index in [1.165, 1.54) is 12.1 Å². The molecule has 0 spiro atoms. The molecule has 0 aliphatic heterocycles. The van der Waals surface area contributed by atoms with Gasteiger partial charge in [0.15, 0.2) is 0 Å². The minimum absolute atomic E-state index is 0.483. The van der Waals surface area contributed by atoms with Crippen LogP contribution in [-0.2, 0) is 15.5 Å². The maximum absolute atomic E-state index is 13.5. The van der Waals surface area contributed by atoms with Crippen LogP contribution in [0.3, 0.4) is 0 Å². The van der Waals surface area contributed by atoms with Crippen molar-refractivity contribution in [3.63, 3.8) is 0 Å². The van der Waals surface area contributed by atoms with Crippen molar-refractivity contribution >= 4 is 10.1 Å². The highest BCUT2D eigenvalue weighted by molar-refractivity contribution is 7.88. The summed E-state index contributed by atoms with van der Waals surface area (Å²) >= 11 is 0. The zero-order valence-corrected chi connectivity index (χ0v) is 14.7. The molecule has 0 aliphatic carbocycles. The van der Waals surface area contributed by atoms with Crippen molar-refractivity contribution in [2.45, 2.75) is 49.5 Å². The molecule has 0 fully saturated rings. The van der Waals surface area contributed by atoms with E-state index in [0.717, 1.165) is 12.1 Å². The van der Waals surface area contributed by atoms with Gasteiger partial charge in [-0.15, -0.1) is 0 Å². The Morgan fingerprint density at radius 2 is 1.15 bits per heavy atom. The van der Waals surface area contributed by atoms with Gasteiger partial charge in [0.2, 0.25) is 0 Å². The first-order valence-corrected chi connectivity index (χ1v) is 8.34.